The molecule has 16 heavy (non-hydrogen) atoms. The lowest BCUT2D eigenvalue weighted by Crippen LogP contribution is -2.27. The normalized spacial score (nSPS) is 10.9. The monoisotopic (exact) mass is 226 g/mol. The van der Waals surface area contributed by atoms with Crippen LogP contribution in [0.2, 0.25) is 0 Å². The Balaban J connectivity index is 2.70. The highest BCUT2D eigenvalue weighted by Crippen LogP contribution is 2.16. The molecule has 0 aliphatic heterocycles. The molecule has 0 unspecified atom stereocenters. The fourth-order valence-electron chi connectivity index (χ4n) is 1.06. The molecule has 0 bridgehead atoms. The number of carbonyl (C=O) groups is 2. The summed E-state index contributed by atoms with van der Waals surface area (Å²) in [5, 5.41) is 11.1. The van der Waals surface area contributed by atoms with Crippen LogP contribution in [0.3, 0.4) is 0 Å². The van der Waals surface area contributed by atoms with Gasteiger partial charge in [-0.3, -0.25) is 5.32 Å². The van der Waals surface area contributed by atoms with Gasteiger partial charge in [-0.15, -0.1) is 0 Å². The third-order valence-corrected chi connectivity index (χ3v) is 1.61. The molecule has 6 heteroatoms. The van der Waals surface area contributed by atoms with Gasteiger partial charge in [0.1, 0.15) is 11.2 Å². The van der Waals surface area contributed by atoms with Gasteiger partial charge in [-0.1, -0.05) is 0 Å². The number of amides is 1. The van der Waals surface area contributed by atoms with E-state index in [2.05, 4.69) is 10.3 Å². The lowest BCUT2D eigenvalue weighted by atomic mass is 10.2. The van der Waals surface area contributed by atoms with Crippen molar-refractivity contribution in [2.75, 3.05) is 5.32 Å². The van der Waals surface area contributed by atoms with E-state index in [0.29, 0.717) is 0 Å². The van der Waals surface area contributed by atoms with Crippen molar-refractivity contribution in [1.29, 1.82) is 0 Å². The Bertz CT molecular complexity index is 403. The Kier molecular flexibility index (Phi) is 3.22. The van der Waals surface area contributed by atoms with Crippen LogP contribution in [0, 0.1) is 0 Å². The van der Waals surface area contributed by atoms with Gasteiger partial charge in [0.25, 0.3) is 0 Å². The lowest BCUT2D eigenvalue weighted by molar-refractivity contribution is 0.0636. The zero-order chi connectivity index (χ0) is 12.3. The summed E-state index contributed by atoms with van der Waals surface area (Å²) in [7, 11) is 0. The number of aromatic carboxylic acids is 1. The first-order valence-electron chi connectivity index (χ1n) is 4.69. The molecule has 3 N–H and O–H groups in total. The molecule has 0 spiro atoms. The van der Waals surface area contributed by atoms with Crippen molar-refractivity contribution in [3.63, 3.8) is 0 Å². The third kappa shape index (κ3) is 3.30. The Hall–Kier alpha value is -1.98. The minimum absolute atomic E-state index is 0.00846. The highest BCUT2D eigenvalue weighted by atomic mass is 16.6. The Morgan fingerprint density at radius 1 is 1.38 bits per heavy atom. The number of anilines is 1. The van der Waals surface area contributed by atoms with Gasteiger partial charge in [0, 0.05) is 12.4 Å². The van der Waals surface area contributed by atoms with E-state index >= 15 is 0 Å². The summed E-state index contributed by atoms with van der Waals surface area (Å²) < 4.78 is 4.99. The van der Waals surface area contributed by atoms with Gasteiger partial charge < -0.3 is 14.8 Å². The van der Waals surface area contributed by atoms with E-state index in [1.54, 1.807) is 20.8 Å². The van der Waals surface area contributed by atoms with Crippen LogP contribution >= 0.6 is 0 Å². The summed E-state index contributed by atoms with van der Waals surface area (Å²) in [4.78, 5) is 24.7. The predicted octanol–water partition coefficient (Wildman–Crippen LogP) is 2.06. The quantitative estimate of drug-likeness (QED) is 0.719. The molecule has 1 aromatic heterocycles. The third-order valence-electron chi connectivity index (χ3n) is 1.61. The molecule has 0 aliphatic carbocycles. The molecule has 0 fully saturated rings. The van der Waals surface area contributed by atoms with Crippen LogP contribution in [0.4, 0.5) is 10.5 Å². The molecule has 0 aliphatic rings. The maximum absolute atomic E-state index is 11.4. The van der Waals surface area contributed by atoms with Crippen LogP contribution in [0.1, 0.15) is 31.1 Å². The van der Waals surface area contributed by atoms with Gasteiger partial charge >= 0.3 is 12.1 Å². The zero-order valence-corrected chi connectivity index (χ0v) is 9.33. The van der Waals surface area contributed by atoms with Gasteiger partial charge in [-0.2, -0.15) is 0 Å². The van der Waals surface area contributed by atoms with E-state index in [4.69, 9.17) is 9.84 Å². The number of hydrogen-bond acceptors (Lipinski definition) is 3. The summed E-state index contributed by atoms with van der Waals surface area (Å²) in [6, 6.07) is 0. The second kappa shape index (κ2) is 4.26. The number of aromatic nitrogens is 1. The maximum Gasteiger partial charge on any atom is 0.412 e. The summed E-state index contributed by atoms with van der Waals surface area (Å²) >= 11 is 0. The molecule has 0 saturated carbocycles. The van der Waals surface area contributed by atoms with Crippen molar-refractivity contribution in [1.82, 2.24) is 4.98 Å². The van der Waals surface area contributed by atoms with Gasteiger partial charge in [0.2, 0.25) is 0 Å². The topological polar surface area (TPSA) is 91.4 Å². The lowest BCUT2D eigenvalue weighted by Gasteiger charge is -2.19. The molecule has 1 amide bonds. The van der Waals surface area contributed by atoms with Crippen molar-refractivity contribution in [3.05, 3.63) is 18.0 Å². The van der Waals surface area contributed by atoms with E-state index in [9.17, 15) is 9.59 Å². The van der Waals surface area contributed by atoms with Crippen LogP contribution in [0.15, 0.2) is 12.4 Å². The van der Waals surface area contributed by atoms with E-state index in [0.717, 1.165) is 0 Å². The number of rotatable bonds is 2. The number of aromatic amines is 1. The number of hydrogen-bond donors (Lipinski definition) is 3. The molecule has 88 valence electrons. The summed E-state index contributed by atoms with van der Waals surface area (Å²) in [5.74, 6) is -1.12. The number of carboxylic acid groups (broad SMARTS) is 1. The highest BCUT2D eigenvalue weighted by Gasteiger charge is 2.19. The molecule has 0 atom stereocenters. The molecule has 1 heterocycles. The van der Waals surface area contributed by atoms with Crippen LogP contribution in [-0.2, 0) is 4.74 Å². The SMILES string of the molecule is CC(C)(C)OC(=O)Nc1c[nH]cc1C(=O)O. The largest absolute Gasteiger partial charge is 0.478 e. The van der Waals surface area contributed by atoms with Crippen LogP contribution in [-0.4, -0.2) is 27.8 Å². The first kappa shape index (κ1) is 12.1. The number of nitrogens with one attached hydrogen (secondary N) is 2. The summed E-state index contributed by atoms with van der Waals surface area (Å²) in [6.45, 7) is 5.17. The Morgan fingerprint density at radius 2 is 2.00 bits per heavy atom. The van der Waals surface area contributed by atoms with Crippen LogP contribution in [0.25, 0.3) is 0 Å². The minimum Gasteiger partial charge on any atom is -0.478 e. The number of carboxylic acids is 1. The fourth-order valence-corrected chi connectivity index (χ4v) is 1.06. The molecule has 1 aromatic rings. The standard InChI is InChI=1S/C10H14N2O4/c1-10(2,3)16-9(15)12-7-5-11-4-6(7)8(13)14/h4-5,11H,1-3H3,(H,12,15)(H,13,14). The van der Waals surface area contributed by atoms with Gasteiger partial charge in [-0.25, -0.2) is 9.59 Å². The molecular weight excluding hydrogens is 212 g/mol. The number of carbonyl (C=O) groups excluding carboxylic acids is 1. The van der Waals surface area contributed by atoms with Crippen LogP contribution < -0.4 is 5.32 Å². The molecule has 1 rings (SSSR count). The van der Waals surface area contributed by atoms with Gasteiger partial charge in [-0.05, 0) is 20.8 Å². The zero-order valence-electron chi connectivity index (χ0n) is 9.33. The number of ether oxygens (including phenoxy) is 1. The second-order valence-corrected chi connectivity index (χ2v) is 4.21. The predicted molar refractivity (Wildman–Crippen MR) is 57.6 cm³/mol. The van der Waals surface area contributed by atoms with Crippen molar-refractivity contribution in [2.45, 2.75) is 26.4 Å². The summed E-state index contributed by atoms with van der Waals surface area (Å²) in [5.41, 5.74) is -0.448. The van der Waals surface area contributed by atoms with Crippen molar-refractivity contribution in [2.24, 2.45) is 0 Å². The highest BCUT2D eigenvalue weighted by molar-refractivity contribution is 5.98. The smallest absolute Gasteiger partial charge is 0.412 e. The Labute approximate surface area is 92.6 Å². The molecule has 0 saturated heterocycles. The molecule has 6 nitrogen and oxygen atoms in total. The molecule has 0 radical (unpaired) electrons. The van der Waals surface area contributed by atoms with E-state index in [1.807, 2.05) is 0 Å². The Morgan fingerprint density at radius 3 is 2.50 bits per heavy atom. The van der Waals surface area contributed by atoms with E-state index in [1.165, 1.54) is 12.4 Å². The van der Waals surface area contributed by atoms with Crippen molar-refractivity contribution < 1.29 is 19.4 Å². The maximum atomic E-state index is 11.4. The van der Waals surface area contributed by atoms with E-state index < -0.39 is 17.7 Å². The fraction of sp³-hybridized carbons (Fsp3) is 0.400. The van der Waals surface area contributed by atoms with Crippen molar-refractivity contribution in [3.8, 4) is 0 Å². The molecule has 0 aromatic carbocycles. The van der Waals surface area contributed by atoms with Crippen LogP contribution in [0.5, 0.6) is 0 Å². The van der Waals surface area contributed by atoms with Crippen molar-refractivity contribution >= 4 is 17.7 Å². The number of H-pyrrole nitrogens is 1. The minimum atomic E-state index is -1.12. The first-order valence-corrected chi connectivity index (χ1v) is 4.69. The average molecular weight is 226 g/mol. The first-order chi connectivity index (χ1) is 7.29. The summed E-state index contributed by atoms with van der Waals surface area (Å²) in [6.07, 6.45) is 1.98. The van der Waals surface area contributed by atoms with Gasteiger partial charge in [0.05, 0.1) is 5.69 Å². The average Bonchev–Trinajstić information content (AvgIpc) is 2.47. The van der Waals surface area contributed by atoms with Gasteiger partial charge in [0.15, 0.2) is 0 Å². The molecular formula is C10H14N2O4. The second-order valence-electron chi connectivity index (χ2n) is 4.21. The van der Waals surface area contributed by atoms with E-state index in [-0.39, 0.29) is 11.3 Å².